The average Bonchev–Trinajstić information content (AvgIpc) is 3.41. The van der Waals surface area contributed by atoms with Crippen molar-refractivity contribution in [2.75, 3.05) is 36.1 Å². The Bertz CT molecular complexity index is 1710. The number of carbonyl (C=O) groups is 4. The van der Waals surface area contributed by atoms with E-state index in [-0.39, 0.29) is 40.5 Å². The molecule has 3 atom stereocenters. The van der Waals surface area contributed by atoms with Crippen LogP contribution in [0.1, 0.15) is 62.8 Å². The topological polar surface area (TPSA) is 152 Å². The number of rotatable bonds is 2. The third kappa shape index (κ3) is 5.98. The fourth-order valence-electron chi connectivity index (χ4n) is 6.39. The minimum absolute atomic E-state index is 0.0782. The molecule has 4 amide bonds. The van der Waals surface area contributed by atoms with Crippen LogP contribution in [0.2, 0.25) is 5.02 Å². The highest BCUT2D eigenvalue weighted by atomic mass is 35.5. The van der Waals surface area contributed by atoms with Gasteiger partial charge in [-0.1, -0.05) is 24.9 Å². The van der Waals surface area contributed by atoms with E-state index in [0.29, 0.717) is 67.8 Å². The van der Waals surface area contributed by atoms with Gasteiger partial charge in [0.2, 0.25) is 17.7 Å². The Kier molecular flexibility index (Phi) is 8.60. The zero-order valence-corrected chi connectivity index (χ0v) is 26.0. The lowest BCUT2D eigenvalue weighted by Crippen LogP contribution is -2.50. The molecular formula is C32H33ClFN5O7. The standard InChI is InChI=1S/C32H33ClFN5O7/c1-17-6-5-7-20(28-35-15-24(45-28)19-9-8-18(36-30(42)44-2)14-23(19)37-27(17)40)29(41)39-13-4-3-12-32(16-39)25-22(38-31(43)46-32)11-10-21(33)26(25)34/h8-11,14-15,17,20H,3-7,12-13,16H2,1-2H3,(H,36,42)(H,37,40)(H,38,43)/t17-,20-,32+/m1/s1. The third-order valence-electron chi connectivity index (χ3n) is 8.76. The number of nitrogens with zero attached hydrogens (tertiary/aromatic N) is 2. The van der Waals surface area contributed by atoms with E-state index in [0.717, 1.165) is 0 Å². The fourth-order valence-corrected chi connectivity index (χ4v) is 6.55. The number of methoxy groups -OCH3 is 1. The average molecular weight is 654 g/mol. The molecule has 2 bridgehead atoms. The number of oxazole rings is 1. The minimum Gasteiger partial charge on any atom is -0.453 e. The Morgan fingerprint density at radius 2 is 1.96 bits per heavy atom. The van der Waals surface area contributed by atoms with Crippen LogP contribution in [0.25, 0.3) is 11.3 Å². The van der Waals surface area contributed by atoms with Gasteiger partial charge in [-0.3, -0.25) is 20.2 Å². The molecule has 3 aliphatic heterocycles. The SMILES string of the molecule is COC(=O)Nc1ccc2c(c1)NC(=O)[C@H](C)CCC[C@@H](C(=O)N1CCCC[C@@]3(C1)OC(=O)Nc1ccc(Cl)c(F)c13)c1ncc-2o1. The first kappa shape index (κ1) is 31.3. The van der Waals surface area contributed by atoms with E-state index in [4.69, 9.17) is 20.8 Å². The maximum absolute atomic E-state index is 15.6. The van der Waals surface area contributed by atoms with Crippen molar-refractivity contribution in [3.63, 3.8) is 0 Å². The van der Waals surface area contributed by atoms with Crippen molar-refractivity contribution in [1.29, 1.82) is 0 Å². The van der Waals surface area contributed by atoms with E-state index in [1.807, 2.05) is 0 Å². The summed E-state index contributed by atoms with van der Waals surface area (Å²) in [7, 11) is 1.25. The number of nitrogens with one attached hydrogen (secondary N) is 3. The maximum atomic E-state index is 15.6. The first-order valence-electron chi connectivity index (χ1n) is 15.1. The summed E-state index contributed by atoms with van der Waals surface area (Å²) in [6, 6.07) is 7.79. The van der Waals surface area contributed by atoms with Crippen molar-refractivity contribution in [2.24, 2.45) is 5.92 Å². The molecule has 6 rings (SSSR count). The van der Waals surface area contributed by atoms with Gasteiger partial charge in [0.05, 0.1) is 41.8 Å². The van der Waals surface area contributed by atoms with Crippen LogP contribution in [0.15, 0.2) is 40.9 Å². The van der Waals surface area contributed by atoms with E-state index in [9.17, 15) is 19.2 Å². The minimum atomic E-state index is -1.44. The molecule has 1 spiro atoms. The molecule has 14 heteroatoms. The molecule has 242 valence electrons. The van der Waals surface area contributed by atoms with Gasteiger partial charge in [0.25, 0.3) is 0 Å². The zero-order valence-electron chi connectivity index (χ0n) is 25.3. The molecule has 0 unspecified atom stereocenters. The van der Waals surface area contributed by atoms with Crippen molar-refractivity contribution >= 4 is 52.7 Å². The van der Waals surface area contributed by atoms with Gasteiger partial charge in [0.15, 0.2) is 17.2 Å². The van der Waals surface area contributed by atoms with E-state index < -0.39 is 35.4 Å². The zero-order chi connectivity index (χ0) is 32.6. The molecule has 3 aromatic rings. The van der Waals surface area contributed by atoms with E-state index in [1.54, 1.807) is 30.0 Å². The van der Waals surface area contributed by atoms with Gasteiger partial charge in [0.1, 0.15) is 5.92 Å². The fraction of sp³-hybridized carbons (Fsp3) is 0.406. The van der Waals surface area contributed by atoms with Crippen molar-refractivity contribution in [3.8, 4) is 11.3 Å². The lowest BCUT2D eigenvalue weighted by Gasteiger charge is -2.40. The monoisotopic (exact) mass is 653 g/mol. The molecule has 2 aromatic carbocycles. The number of hydrogen-bond acceptors (Lipinski definition) is 8. The van der Waals surface area contributed by atoms with Crippen molar-refractivity contribution in [2.45, 2.75) is 57.0 Å². The Morgan fingerprint density at radius 3 is 2.76 bits per heavy atom. The summed E-state index contributed by atoms with van der Waals surface area (Å²) >= 11 is 6.16. The number of halogens is 2. The van der Waals surface area contributed by atoms with Gasteiger partial charge in [-0.2, -0.15) is 0 Å². The number of anilines is 3. The summed E-state index contributed by atoms with van der Waals surface area (Å²) in [5.41, 5.74) is 0.221. The number of aromatic nitrogens is 1. The molecule has 12 nitrogen and oxygen atoms in total. The van der Waals surface area contributed by atoms with Gasteiger partial charge in [0, 0.05) is 23.7 Å². The Balaban J connectivity index is 1.35. The van der Waals surface area contributed by atoms with Crippen LogP contribution < -0.4 is 16.0 Å². The molecule has 0 radical (unpaired) electrons. The second kappa shape index (κ2) is 12.6. The van der Waals surface area contributed by atoms with Crippen LogP contribution in [0.5, 0.6) is 0 Å². The van der Waals surface area contributed by atoms with Crippen LogP contribution >= 0.6 is 11.6 Å². The molecule has 0 aliphatic carbocycles. The molecule has 4 heterocycles. The van der Waals surface area contributed by atoms with Gasteiger partial charge < -0.3 is 24.1 Å². The number of carbonyl (C=O) groups excluding carboxylic acids is 4. The molecule has 46 heavy (non-hydrogen) atoms. The second-order valence-corrected chi connectivity index (χ2v) is 12.2. The van der Waals surface area contributed by atoms with Crippen LogP contribution in [0.4, 0.5) is 31.0 Å². The van der Waals surface area contributed by atoms with Crippen LogP contribution in [0, 0.1) is 11.7 Å². The predicted molar refractivity (Wildman–Crippen MR) is 166 cm³/mol. The van der Waals surface area contributed by atoms with E-state index >= 15 is 4.39 Å². The van der Waals surface area contributed by atoms with Gasteiger partial charge in [-0.25, -0.2) is 19.0 Å². The summed E-state index contributed by atoms with van der Waals surface area (Å²) in [6.07, 6.45) is 2.89. The molecule has 3 N–H and O–H groups in total. The predicted octanol–water partition coefficient (Wildman–Crippen LogP) is 6.62. The highest BCUT2D eigenvalue weighted by Gasteiger charge is 2.48. The Labute approximate surface area is 268 Å². The first-order chi connectivity index (χ1) is 22.1. The highest BCUT2D eigenvalue weighted by molar-refractivity contribution is 6.31. The summed E-state index contributed by atoms with van der Waals surface area (Å²) in [5.74, 6) is -1.95. The molecule has 3 aliphatic rings. The lowest BCUT2D eigenvalue weighted by molar-refractivity contribution is -0.137. The number of ether oxygens (including phenoxy) is 2. The number of benzene rings is 2. The van der Waals surface area contributed by atoms with Crippen molar-refractivity contribution < 1.29 is 37.5 Å². The van der Waals surface area contributed by atoms with Gasteiger partial charge in [-0.05, 0) is 62.4 Å². The molecule has 0 saturated carbocycles. The van der Waals surface area contributed by atoms with E-state index in [2.05, 4.69) is 25.7 Å². The Hall–Kier alpha value is -4.65. The van der Waals surface area contributed by atoms with Crippen LogP contribution in [-0.4, -0.2) is 54.1 Å². The normalized spacial score (nSPS) is 22.9. The van der Waals surface area contributed by atoms with Crippen molar-refractivity contribution in [3.05, 3.63) is 58.8 Å². The molecular weight excluding hydrogens is 621 g/mol. The third-order valence-corrected chi connectivity index (χ3v) is 9.06. The summed E-state index contributed by atoms with van der Waals surface area (Å²) in [5, 5.41) is 7.95. The van der Waals surface area contributed by atoms with Gasteiger partial charge in [-0.15, -0.1) is 0 Å². The summed E-state index contributed by atoms with van der Waals surface area (Å²) < 4.78 is 32.2. The quantitative estimate of drug-likeness (QED) is 0.279. The summed E-state index contributed by atoms with van der Waals surface area (Å²) in [6.45, 7) is 2.08. The van der Waals surface area contributed by atoms with Gasteiger partial charge >= 0.3 is 12.2 Å². The largest absolute Gasteiger partial charge is 0.453 e. The maximum Gasteiger partial charge on any atom is 0.412 e. The second-order valence-electron chi connectivity index (χ2n) is 11.8. The first-order valence-corrected chi connectivity index (χ1v) is 15.5. The number of fused-ring (bicyclic) bond motifs is 6. The smallest absolute Gasteiger partial charge is 0.412 e. The Morgan fingerprint density at radius 1 is 1.13 bits per heavy atom. The number of likely N-dealkylation sites (tertiary alicyclic amines) is 1. The lowest BCUT2D eigenvalue weighted by atomic mass is 9.85. The summed E-state index contributed by atoms with van der Waals surface area (Å²) in [4.78, 5) is 58.1. The molecule has 1 aromatic heterocycles. The number of amides is 4. The number of hydrogen-bond donors (Lipinski definition) is 3. The van der Waals surface area contributed by atoms with E-state index in [1.165, 1.54) is 25.4 Å². The molecule has 1 saturated heterocycles. The van der Waals surface area contributed by atoms with Crippen LogP contribution in [-0.2, 0) is 24.7 Å². The molecule has 1 fully saturated rings. The van der Waals surface area contributed by atoms with Crippen LogP contribution in [0.3, 0.4) is 0 Å². The van der Waals surface area contributed by atoms with Crippen molar-refractivity contribution in [1.82, 2.24) is 9.88 Å². The highest BCUT2D eigenvalue weighted by Crippen LogP contribution is 2.45.